The first-order valence-corrected chi connectivity index (χ1v) is 6.84. The maximum Gasteiger partial charge on any atom is 0.228 e. The molecule has 2 rings (SSSR count). The Morgan fingerprint density at radius 1 is 1.15 bits per heavy atom. The van der Waals surface area contributed by atoms with Crippen LogP contribution in [0, 0.1) is 0 Å². The fourth-order valence-corrected chi connectivity index (χ4v) is 2.02. The van der Waals surface area contributed by atoms with Crippen molar-refractivity contribution in [3.05, 3.63) is 54.1 Å². The molecule has 2 aromatic carbocycles. The van der Waals surface area contributed by atoms with Crippen LogP contribution in [0.15, 0.2) is 53.4 Å². The zero-order valence-electron chi connectivity index (χ0n) is 11.6. The Kier molecular flexibility index (Phi) is 4.69. The van der Waals surface area contributed by atoms with Gasteiger partial charge in [0.2, 0.25) is 5.91 Å². The first-order valence-electron chi connectivity index (χ1n) is 6.40. The van der Waals surface area contributed by atoms with Gasteiger partial charge in [-0.25, -0.2) is 0 Å². The summed E-state index contributed by atoms with van der Waals surface area (Å²) < 4.78 is 0. The van der Waals surface area contributed by atoms with Crippen LogP contribution in [0.5, 0.6) is 0 Å². The number of rotatable bonds is 4. The van der Waals surface area contributed by atoms with Crippen molar-refractivity contribution in [2.24, 2.45) is 0 Å². The van der Waals surface area contributed by atoms with E-state index in [1.807, 2.05) is 67.5 Å². The van der Waals surface area contributed by atoms with Crippen LogP contribution < -0.4 is 10.2 Å². The SMILES string of the molecule is CN(C)c1cccc(NC(=O)Cc2ccc(S)cc2)c1. The summed E-state index contributed by atoms with van der Waals surface area (Å²) in [5, 5.41) is 2.92. The van der Waals surface area contributed by atoms with Crippen LogP contribution in [0.2, 0.25) is 0 Å². The van der Waals surface area contributed by atoms with Gasteiger partial charge in [0.1, 0.15) is 0 Å². The third-order valence-electron chi connectivity index (χ3n) is 2.95. The zero-order chi connectivity index (χ0) is 14.5. The predicted molar refractivity (Wildman–Crippen MR) is 86.8 cm³/mol. The van der Waals surface area contributed by atoms with Crippen molar-refractivity contribution in [1.29, 1.82) is 0 Å². The van der Waals surface area contributed by atoms with Crippen LogP contribution in [0.1, 0.15) is 5.56 Å². The van der Waals surface area contributed by atoms with E-state index in [0.29, 0.717) is 6.42 Å². The second kappa shape index (κ2) is 6.48. The fourth-order valence-electron chi connectivity index (χ4n) is 1.87. The Balaban J connectivity index is 2.01. The molecule has 0 atom stereocenters. The minimum Gasteiger partial charge on any atom is -0.378 e. The number of benzene rings is 2. The summed E-state index contributed by atoms with van der Waals surface area (Å²) in [4.78, 5) is 14.9. The molecule has 0 saturated carbocycles. The molecule has 0 spiro atoms. The van der Waals surface area contributed by atoms with E-state index in [1.54, 1.807) is 0 Å². The van der Waals surface area contributed by atoms with E-state index < -0.39 is 0 Å². The smallest absolute Gasteiger partial charge is 0.228 e. The van der Waals surface area contributed by atoms with E-state index >= 15 is 0 Å². The first kappa shape index (κ1) is 14.5. The van der Waals surface area contributed by atoms with Crippen molar-refractivity contribution in [2.45, 2.75) is 11.3 Å². The minimum atomic E-state index is -0.0205. The second-order valence-corrected chi connectivity index (χ2v) is 5.35. The fraction of sp³-hybridized carbons (Fsp3) is 0.188. The molecule has 1 N–H and O–H groups in total. The van der Waals surface area contributed by atoms with Gasteiger partial charge in [0.15, 0.2) is 0 Å². The van der Waals surface area contributed by atoms with Crippen LogP contribution in [0.3, 0.4) is 0 Å². The molecule has 104 valence electrons. The monoisotopic (exact) mass is 286 g/mol. The molecule has 0 radical (unpaired) electrons. The number of carbonyl (C=O) groups is 1. The Morgan fingerprint density at radius 3 is 2.50 bits per heavy atom. The maximum atomic E-state index is 12.0. The molecule has 0 aliphatic rings. The topological polar surface area (TPSA) is 32.3 Å². The van der Waals surface area contributed by atoms with Crippen LogP contribution >= 0.6 is 12.6 Å². The number of carbonyl (C=O) groups excluding carboxylic acids is 1. The highest BCUT2D eigenvalue weighted by Crippen LogP contribution is 2.17. The van der Waals surface area contributed by atoms with Crippen LogP contribution in [-0.4, -0.2) is 20.0 Å². The van der Waals surface area contributed by atoms with Gasteiger partial charge in [0.05, 0.1) is 6.42 Å². The molecule has 0 fully saturated rings. The van der Waals surface area contributed by atoms with Crippen molar-refractivity contribution in [1.82, 2.24) is 0 Å². The number of anilines is 2. The van der Waals surface area contributed by atoms with Gasteiger partial charge in [-0.15, -0.1) is 12.6 Å². The van der Waals surface area contributed by atoms with Crippen LogP contribution in [-0.2, 0) is 11.2 Å². The first-order chi connectivity index (χ1) is 9.54. The Labute approximate surface area is 125 Å². The van der Waals surface area contributed by atoms with Gasteiger partial charge in [-0.3, -0.25) is 4.79 Å². The Hall–Kier alpha value is -1.94. The second-order valence-electron chi connectivity index (χ2n) is 4.84. The van der Waals surface area contributed by atoms with Crippen molar-refractivity contribution >= 4 is 29.9 Å². The molecule has 0 aliphatic carbocycles. The Bertz CT molecular complexity index is 594. The summed E-state index contributed by atoms with van der Waals surface area (Å²) in [6, 6.07) is 15.4. The van der Waals surface area contributed by atoms with Gasteiger partial charge in [0, 0.05) is 30.4 Å². The number of hydrogen-bond donors (Lipinski definition) is 2. The van der Waals surface area contributed by atoms with Gasteiger partial charge in [-0.1, -0.05) is 18.2 Å². The van der Waals surface area contributed by atoms with Crippen molar-refractivity contribution in [3.8, 4) is 0 Å². The number of nitrogens with one attached hydrogen (secondary N) is 1. The minimum absolute atomic E-state index is 0.0205. The standard InChI is InChI=1S/C16H18N2OS/c1-18(2)14-5-3-4-13(11-14)17-16(19)10-12-6-8-15(20)9-7-12/h3-9,11,20H,10H2,1-2H3,(H,17,19). The molecule has 3 nitrogen and oxygen atoms in total. The molecular weight excluding hydrogens is 268 g/mol. The normalized spacial score (nSPS) is 10.2. The van der Waals surface area contributed by atoms with Gasteiger partial charge in [0.25, 0.3) is 0 Å². The van der Waals surface area contributed by atoms with Crippen molar-refractivity contribution in [2.75, 3.05) is 24.3 Å². The summed E-state index contributed by atoms with van der Waals surface area (Å²) >= 11 is 4.23. The average molecular weight is 286 g/mol. The molecular formula is C16H18N2OS. The third-order valence-corrected chi connectivity index (χ3v) is 3.25. The number of hydrogen-bond acceptors (Lipinski definition) is 3. The average Bonchev–Trinajstić information content (AvgIpc) is 2.41. The van der Waals surface area contributed by atoms with Gasteiger partial charge in [-0.2, -0.15) is 0 Å². The molecule has 2 aromatic rings. The molecule has 0 aromatic heterocycles. The van der Waals surface area contributed by atoms with Crippen molar-refractivity contribution in [3.63, 3.8) is 0 Å². The van der Waals surface area contributed by atoms with Gasteiger partial charge >= 0.3 is 0 Å². The molecule has 4 heteroatoms. The van der Waals surface area contributed by atoms with Crippen LogP contribution in [0.4, 0.5) is 11.4 Å². The van der Waals surface area contributed by atoms with Gasteiger partial charge < -0.3 is 10.2 Å². The number of amides is 1. The van der Waals surface area contributed by atoms with E-state index in [-0.39, 0.29) is 5.91 Å². The molecule has 0 unspecified atom stereocenters. The zero-order valence-corrected chi connectivity index (χ0v) is 12.5. The third kappa shape index (κ3) is 4.03. The lowest BCUT2D eigenvalue weighted by molar-refractivity contribution is -0.115. The highest BCUT2D eigenvalue weighted by atomic mass is 32.1. The maximum absolute atomic E-state index is 12.0. The van der Waals surface area contributed by atoms with E-state index in [9.17, 15) is 4.79 Å². The van der Waals surface area contributed by atoms with Gasteiger partial charge in [-0.05, 0) is 35.9 Å². The lowest BCUT2D eigenvalue weighted by atomic mass is 10.1. The quantitative estimate of drug-likeness (QED) is 0.846. The molecule has 0 aliphatic heterocycles. The predicted octanol–water partition coefficient (Wildman–Crippen LogP) is 3.22. The molecule has 20 heavy (non-hydrogen) atoms. The van der Waals surface area contributed by atoms with Crippen molar-refractivity contribution < 1.29 is 4.79 Å². The molecule has 1 amide bonds. The largest absolute Gasteiger partial charge is 0.378 e. The summed E-state index contributed by atoms with van der Waals surface area (Å²) in [5.41, 5.74) is 2.85. The lowest BCUT2D eigenvalue weighted by Gasteiger charge is -2.14. The Morgan fingerprint density at radius 2 is 1.85 bits per heavy atom. The summed E-state index contributed by atoms with van der Waals surface area (Å²) in [6.45, 7) is 0. The van der Waals surface area contributed by atoms with Crippen LogP contribution in [0.25, 0.3) is 0 Å². The number of thiol groups is 1. The molecule has 0 bridgehead atoms. The van der Waals surface area contributed by atoms with E-state index in [0.717, 1.165) is 21.8 Å². The molecule has 0 heterocycles. The van der Waals surface area contributed by atoms with E-state index in [4.69, 9.17) is 0 Å². The highest BCUT2D eigenvalue weighted by Gasteiger charge is 2.05. The highest BCUT2D eigenvalue weighted by molar-refractivity contribution is 7.80. The summed E-state index contributed by atoms with van der Waals surface area (Å²) in [6.07, 6.45) is 0.361. The lowest BCUT2D eigenvalue weighted by Crippen LogP contribution is -2.15. The summed E-state index contributed by atoms with van der Waals surface area (Å²) in [5.74, 6) is -0.0205. The molecule has 0 saturated heterocycles. The van der Waals surface area contributed by atoms with E-state index in [1.165, 1.54) is 0 Å². The number of nitrogens with zero attached hydrogens (tertiary/aromatic N) is 1. The summed E-state index contributed by atoms with van der Waals surface area (Å²) in [7, 11) is 3.94. The van der Waals surface area contributed by atoms with E-state index in [2.05, 4.69) is 17.9 Å².